The second-order valence-corrected chi connectivity index (χ2v) is 3.76. The maximum Gasteiger partial charge on any atom is 0.253 e. The Bertz CT molecular complexity index is 406. The van der Waals surface area contributed by atoms with Gasteiger partial charge in [-0.3, -0.25) is 4.79 Å². The number of carbonyl (C=O) groups is 1. The first kappa shape index (κ1) is 12.1. The van der Waals surface area contributed by atoms with Gasteiger partial charge in [0.05, 0.1) is 12.0 Å². The summed E-state index contributed by atoms with van der Waals surface area (Å²) in [6, 6.07) is 8.13. The minimum Gasteiger partial charge on any atom is -0.508 e. The quantitative estimate of drug-likeness (QED) is 0.838. The van der Waals surface area contributed by atoms with E-state index in [4.69, 9.17) is 10.4 Å². The molecule has 1 aromatic rings. The molecule has 84 valence electrons. The van der Waals surface area contributed by atoms with Gasteiger partial charge in [-0.25, -0.2) is 0 Å². The van der Waals surface area contributed by atoms with Crippen LogP contribution in [0.5, 0.6) is 5.75 Å². The van der Waals surface area contributed by atoms with Crippen LogP contribution < -0.4 is 0 Å². The summed E-state index contributed by atoms with van der Waals surface area (Å²) in [4.78, 5) is 13.3. The predicted octanol–water partition coefficient (Wildman–Crippen LogP) is 1.62. The van der Waals surface area contributed by atoms with Gasteiger partial charge >= 0.3 is 0 Å². The molecule has 1 N–H and O–H groups in total. The molecule has 4 heteroatoms. The molecule has 0 bridgehead atoms. The van der Waals surface area contributed by atoms with Gasteiger partial charge in [-0.05, 0) is 31.2 Å². The predicted molar refractivity (Wildman–Crippen MR) is 59.8 cm³/mol. The van der Waals surface area contributed by atoms with Crippen molar-refractivity contribution in [1.29, 1.82) is 5.26 Å². The first-order chi connectivity index (χ1) is 7.54. The Morgan fingerprint density at radius 3 is 2.56 bits per heavy atom. The number of aromatic hydroxyl groups is 1. The van der Waals surface area contributed by atoms with Crippen LogP contribution in [0, 0.1) is 17.2 Å². The van der Waals surface area contributed by atoms with E-state index in [-0.39, 0.29) is 17.6 Å². The molecule has 0 aliphatic rings. The summed E-state index contributed by atoms with van der Waals surface area (Å²) in [6.07, 6.45) is 0. The van der Waals surface area contributed by atoms with Crippen molar-refractivity contribution >= 4 is 5.91 Å². The van der Waals surface area contributed by atoms with Crippen LogP contribution in [-0.2, 0) is 0 Å². The Balaban J connectivity index is 2.71. The fourth-order valence-corrected chi connectivity index (χ4v) is 1.36. The first-order valence-corrected chi connectivity index (χ1v) is 4.98. The minimum absolute atomic E-state index is 0.129. The van der Waals surface area contributed by atoms with Crippen molar-refractivity contribution in [3.63, 3.8) is 0 Å². The molecule has 0 aliphatic carbocycles. The number of phenolic OH excluding ortho intramolecular Hbond substituents is 1. The molecule has 16 heavy (non-hydrogen) atoms. The Kier molecular flexibility index (Phi) is 3.90. The Morgan fingerprint density at radius 1 is 1.50 bits per heavy atom. The molecule has 1 atom stereocenters. The zero-order valence-electron chi connectivity index (χ0n) is 9.34. The third kappa shape index (κ3) is 2.99. The Hall–Kier alpha value is -2.02. The molecule has 0 fully saturated rings. The highest BCUT2D eigenvalue weighted by atomic mass is 16.3. The van der Waals surface area contributed by atoms with Crippen molar-refractivity contribution in [2.24, 2.45) is 5.92 Å². The third-order valence-electron chi connectivity index (χ3n) is 2.23. The van der Waals surface area contributed by atoms with E-state index in [9.17, 15) is 4.79 Å². The summed E-state index contributed by atoms with van der Waals surface area (Å²) < 4.78 is 0. The third-order valence-corrected chi connectivity index (χ3v) is 2.23. The Labute approximate surface area is 94.7 Å². The van der Waals surface area contributed by atoms with Gasteiger partial charge in [-0.1, -0.05) is 0 Å². The lowest BCUT2D eigenvalue weighted by molar-refractivity contribution is 0.0785. The van der Waals surface area contributed by atoms with Gasteiger partial charge in [0.1, 0.15) is 5.75 Å². The number of phenols is 1. The van der Waals surface area contributed by atoms with E-state index < -0.39 is 0 Å². The van der Waals surface area contributed by atoms with Crippen molar-refractivity contribution in [3.8, 4) is 11.8 Å². The number of amides is 1. The fraction of sp³-hybridized carbons (Fsp3) is 0.333. The standard InChI is InChI=1S/C12H14N2O2/c1-9(7-13)8-14(2)12(16)10-3-5-11(15)6-4-10/h3-6,9,15H,8H2,1-2H3. The lowest BCUT2D eigenvalue weighted by Gasteiger charge is -2.18. The van der Waals surface area contributed by atoms with Crippen molar-refractivity contribution in [1.82, 2.24) is 4.90 Å². The van der Waals surface area contributed by atoms with E-state index in [1.165, 1.54) is 17.0 Å². The fourth-order valence-electron chi connectivity index (χ4n) is 1.36. The molecule has 0 heterocycles. The van der Waals surface area contributed by atoms with Crippen LogP contribution >= 0.6 is 0 Å². The molecular formula is C12H14N2O2. The lowest BCUT2D eigenvalue weighted by atomic mass is 10.1. The molecule has 1 aromatic carbocycles. The highest BCUT2D eigenvalue weighted by molar-refractivity contribution is 5.94. The topological polar surface area (TPSA) is 64.3 Å². The van der Waals surface area contributed by atoms with Crippen LogP contribution in [0.1, 0.15) is 17.3 Å². The summed E-state index contributed by atoms with van der Waals surface area (Å²) in [7, 11) is 1.66. The zero-order valence-corrected chi connectivity index (χ0v) is 9.34. The van der Waals surface area contributed by atoms with Crippen LogP contribution in [-0.4, -0.2) is 29.5 Å². The average molecular weight is 218 g/mol. The molecule has 0 saturated heterocycles. The lowest BCUT2D eigenvalue weighted by Crippen LogP contribution is -2.30. The minimum atomic E-state index is -0.189. The molecule has 0 aliphatic heterocycles. The van der Waals surface area contributed by atoms with E-state index in [1.807, 2.05) is 0 Å². The van der Waals surface area contributed by atoms with Crippen LogP contribution in [0.4, 0.5) is 0 Å². The van der Waals surface area contributed by atoms with Gasteiger partial charge in [-0.2, -0.15) is 5.26 Å². The van der Waals surface area contributed by atoms with Crippen molar-refractivity contribution in [2.75, 3.05) is 13.6 Å². The van der Waals surface area contributed by atoms with Crippen LogP contribution in [0.2, 0.25) is 0 Å². The number of benzene rings is 1. The molecule has 0 aromatic heterocycles. The number of nitrogens with zero attached hydrogens (tertiary/aromatic N) is 2. The van der Waals surface area contributed by atoms with Crippen molar-refractivity contribution < 1.29 is 9.90 Å². The van der Waals surface area contributed by atoms with Gasteiger partial charge in [0.25, 0.3) is 5.91 Å². The summed E-state index contributed by atoms with van der Waals surface area (Å²) in [6.45, 7) is 2.16. The van der Waals surface area contributed by atoms with Crippen molar-refractivity contribution in [3.05, 3.63) is 29.8 Å². The highest BCUT2D eigenvalue weighted by Crippen LogP contribution is 2.11. The smallest absolute Gasteiger partial charge is 0.253 e. The summed E-state index contributed by atoms with van der Waals surface area (Å²) in [5.41, 5.74) is 0.505. The molecule has 1 unspecified atom stereocenters. The van der Waals surface area contributed by atoms with Crippen molar-refractivity contribution in [2.45, 2.75) is 6.92 Å². The molecule has 1 rings (SSSR count). The monoisotopic (exact) mass is 218 g/mol. The van der Waals surface area contributed by atoms with Crippen LogP contribution in [0.25, 0.3) is 0 Å². The van der Waals surface area contributed by atoms with E-state index in [0.29, 0.717) is 12.1 Å². The molecule has 0 radical (unpaired) electrons. The van der Waals surface area contributed by atoms with Gasteiger partial charge in [0.2, 0.25) is 0 Å². The molecule has 1 amide bonds. The number of carbonyl (C=O) groups excluding carboxylic acids is 1. The van der Waals surface area contributed by atoms with Crippen LogP contribution in [0.3, 0.4) is 0 Å². The second-order valence-electron chi connectivity index (χ2n) is 3.76. The number of nitriles is 1. The largest absolute Gasteiger partial charge is 0.508 e. The van der Waals surface area contributed by atoms with Gasteiger partial charge in [0, 0.05) is 19.2 Å². The highest BCUT2D eigenvalue weighted by Gasteiger charge is 2.13. The number of rotatable bonds is 3. The van der Waals surface area contributed by atoms with E-state index in [0.717, 1.165) is 0 Å². The molecule has 4 nitrogen and oxygen atoms in total. The summed E-state index contributed by atoms with van der Waals surface area (Å²) >= 11 is 0. The maximum absolute atomic E-state index is 11.8. The zero-order chi connectivity index (χ0) is 12.1. The van der Waals surface area contributed by atoms with E-state index >= 15 is 0 Å². The van der Waals surface area contributed by atoms with Gasteiger partial charge in [0.15, 0.2) is 0 Å². The van der Waals surface area contributed by atoms with Gasteiger partial charge in [-0.15, -0.1) is 0 Å². The SMILES string of the molecule is CC(C#N)CN(C)C(=O)c1ccc(O)cc1. The first-order valence-electron chi connectivity index (χ1n) is 4.98. The number of hydrogen-bond acceptors (Lipinski definition) is 3. The molecular weight excluding hydrogens is 204 g/mol. The summed E-state index contributed by atoms with van der Waals surface area (Å²) in [5.74, 6) is -0.210. The molecule has 0 saturated carbocycles. The van der Waals surface area contributed by atoms with Gasteiger partial charge < -0.3 is 10.0 Å². The van der Waals surface area contributed by atoms with E-state index in [1.54, 1.807) is 26.1 Å². The van der Waals surface area contributed by atoms with Crippen LogP contribution in [0.15, 0.2) is 24.3 Å². The average Bonchev–Trinajstić information content (AvgIpc) is 2.28. The second kappa shape index (κ2) is 5.17. The molecule has 0 spiro atoms. The normalized spacial score (nSPS) is 11.6. The number of hydrogen-bond donors (Lipinski definition) is 1. The Morgan fingerprint density at radius 2 is 2.06 bits per heavy atom. The maximum atomic E-state index is 11.8. The van der Waals surface area contributed by atoms with E-state index in [2.05, 4.69) is 6.07 Å². The summed E-state index contributed by atoms with van der Waals surface area (Å²) in [5, 5.41) is 17.7.